The summed E-state index contributed by atoms with van der Waals surface area (Å²) in [5.41, 5.74) is 13.4. The van der Waals surface area contributed by atoms with Gasteiger partial charge in [0, 0.05) is 24.5 Å². The third-order valence-corrected chi connectivity index (χ3v) is 3.81. The van der Waals surface area contributed by atoms with Crippen molar-refractivity contribution in [2.24, 2.45) is 0 Å². The molecule has 0 saturated carbocycles. The van der Waals surface area contributed by atoms with E-state index in [-0.39, 0.29) is 0 Å². The van der Waals surface area contributed by atoms with Gasteiger partial charge in [-0.3, -0.25) is 0 Å². The van der Waals surface area contributed by atoms with Crippen molar-refractivity contribution >= 4 is 11.4 Å². The monoisotopic (exact) mass is 268 g/mol. The Balaban J connectivity index is 2.32. The number of hydrogen-bond acceptors (Lipinski definition) is 2. The minimum atomic E-state index is 0.818. The Labute approximate surface area is 122 Å². The molecule has 2 aromatic carbocycles. The number of rotatable bonds is 4. The van der Waals surface area contributed by atoms with Crippen molar-refractivity contribution in [1.29, 1.82) is 0 Å². The van der Waals surface area contributed by atoms with Crippen LogP contribution in [0.4, 0.5) is 11.4 Å². The van der Waals surface area contributed by atoms with Crippen LogP contribution in [0.3, 0.4) is 0 Å². The van der Waals surface area contributed by atoms with Crippen LogP contribution in [0.2, 0.25) is 0 Å². The van der Waals surface area contributed by atoms with E-state index < -0.39 is 0 Å². The third-order valence-electron chi connectivity index (χ3n) is 3.81. The van der Waals surface area contributed by atoms with Crippen LogP contribution in [-0.2, 0) is 6.54 Å². The SMILES string of the molecule is CCN(Cc1c(C)cc(C)cc1C)c1cccc(N)c1. The molecule has 0 radical (unpaired) electrons. The minimum absolute atomic E-state index is 0.818. The van der Waals surface area contributed by atoms with Crippen LogP contribution in [0.15, 0.2) is 36.4 Å². The van der Waals surface area contributed by atoms with E-state index in [0.29, 0.717) is 0 Å². The maximum atomic E-state index is 5.90. The largest absolute Gasteiger partial charge is 0.399 e. The number of anilines is 2. The van der Waals surface area contributed by atoms with Gasteiger partial charge in [-0.1, -0.05) is 23.8 Å². The van der Waals surface area contributed by atoms with Gasteiger partial charge in [0.1, 0.15) is 0 Å². The molecule has 2 aromatic rings. The van der Waals surface area contributed by atoms with E-state index in [0.717, 1.165) is 18.8 Å². The highest BCUT2D eigenvalue weighted by atomic mass is 15.1. The summed E-state index contributed by atoms with van der Waals surface area (Å²) < 4.78 is 0. The number of benzene rings is 2. The molecule has 0 amide bonds. The molecule has 0 unspecified atom stereocenters. The number of hydrogen-bond donors (Lipinski definition) is 1. The molecule has 0 aliphatic heterocycles. The molecule has 2 nitrogen and oxygen atoms in total. The molecule has 20 heavy (non-hydrogen) atoms. The molecule has 2 heteroatoms. The van der Waals surface area contributed by atoms with E-state index in [1.807, 2.05) is 18.2 Å². The van der Waals surface area contributed by atoms with Crippen molar-refractivity contribution in [3.8, 4) is 0 Å². The molecule has 0 aromatic heterocycles. The summed E-state index contributed by atoms with van der Waals surface area (Å²) >= 11 is 0. The van der Waals surface area contributed by atoms with Crippen molar-refractivity contribution in [2.45, 2.75) is 34.2 Å². The molecule has 0 saturated heterocycles. The molecule has 2 rings (SSSR count). The molecule has 0 fully saturated rings. The number of aryl methyl sites for hydroxylation is 3. The van der Waals surface area contributed by atoms with E-state index in [9.17, 15) is 0 Å². The summed E-state index contributed by atoms with van der Waals surface area (Å²) in [5, 5.41) is 0. The Hall–Kier alpha value is -1.96. The normalized spacial score (nSPS) is 10.6. The summed E-state index contributed by atoms with van der Waals surface area (Å²) in [5.74, 6) is 0. The van der Waals surface area contributed by atoms with Gasteiger partial charge in [-0.15, -0.1) is 0 Å². The molecular formula is C18H24N2. The predicted molar refractivity (Wildman–Crippen MR) is 88.2 cm³/mol. The van der Waals surface area contributed by atoms with Crippen LogP contribution < -0.4 is 10.6 Å². The molecule has 0 heterocycles. The standard InChI is InChI=1S/C18H24N2/c1-5-20(17-8-6-7-16(19)11-17)12-18-14(3)9-13(2)10-15(18)4/h6-11H,5,12,19H2,1-4H3. The number of nitrogen functional groups attached to an aromatic ring is 1. The van der Waals surface area contributed by atoms with E-state index in [1.54, 1.807) is 0 Å². The fourth-order valence-corrected chi connectivity index (χ4v) is 2.76. The first-order chi connectivity index (χ1) is 9.51. The van der Waals surface area contributed by atoms with E-state index in [1.165, 1.54) is 27.9 Å². The highest BCUT2D eigenvalue weighted by Crippen LogP contribution is 2.23. The van der Waals surface area contributed by atoms with Gasteiger partial charge in [0.05, 0.1) is 0 Å². The van der Waals surface area contributed by atoms with Gasteiger partial charge in [-0.05, 0) is 62.6 Å². The Morgan fingerprint density at radius 1 is 1.00 bits per heavy atom. The fourth-order valence-electron chi connectivity index (χ4n) is 2.76. The van der Waals surface area contributed by atoms with Crippen LogP contribution in [-0.4, -0.2) is 6.54 Å². The Kier molecular flexibility index (Phi) is 4.33. The van der Waals surface area contributed by atoms with Gasteiger partial charge in [0.25, 0.3) is 0 Å². The fraction of sp³-hybridized carbons (Fsp3) is 0.333. The molecule has 2 N–H and O–H groups in total. The summed E-state index contributed by atoms with van der Waals surface area (Å²) in [6.07, 6.45) is 0. The van der Waals surface area contributed by atoms with Crippen molar-refractivity contribution in [2.75, 3.05) is 17.2 Å². The molecule has 0 aliphatic carbocycles. The second-order valence-corrected chi connectivity index (χ2v) is 5.49. The van der Waals surface area contributed by atoms with Gasteiger partial charge >= 0.3 is 0 Å². The maximum Gasteiger partial charge on any atom is 0.0434 e. The van der Waals surface area contributed by atoms with E-state index in [2.05, 4.69) is 50.8 Å². The van der Waals surface area contributed by atoms with Crippen LogP contribution >= 0.6 is 0 Å². The zero-order chi connectivity index (χ0) is 14.7. The average molecular weight is 268 g/mol. The lowest BCUT2D eigenvalue weighted by atomic mass is 9.99. The van der Waals surface area contributed by atoms with Gasteiger partial charge in [-0.2, -0.15) is 0 Å². The highest BCUT2D eigenvalue weighted by molar-refractivity contribution is 5.56. The van der Waals surface area contributed by atoms with Crippen molar-refractivity contribution in [1.82, 2.24) is 0 Å². The Morgan fingerprint density at radius 3 is 2.20 bits per heavy atom. The summed E-state index contributed by atoms with van der Waals surface area (Å²) in [6.45, 7) is 10.6. The zero-order valence-electron chi connectivity index (χ0n) is 12.9. The van der Waals surface area contributed by atoms with Gasteiger partial charge in [-0.25, -0.2) is 0 Å². The lowest BCUT2D eigenvalue weighted by Crippen LogP contribution is -2.23. The quantitative estimate of drug-likeness (QED) is 0.841. The summed E-state index contributed by atoms with van der Waals surface area (Å²) in [7, 11) is 0. The van der Waals surface area contributed by atoms with Crippen LogP contribution in [0, 0.1) is 20.8 Å². The van der Waals surface area contributed by atoms with E-state index >= 15 is 0 Å². The van der Waals surface area contributed by atoms with Gasteiger partial charge in [0.2, 0.25) is 0 Å². The molecular weight excluding hydrogens is 244 g/mol. The first-order valence-electron chi connectivity index (χ1n) is 7.18. The van der Waals surface area contributed by atoms with Gasteiger partial charge < -0.3 is 10.6 Å². The van der Waals surface area contributed by atoms with Crippen molar-refractivity contribution < 1.29 is 0 Å². The maximum absolute atomic E-state index is 5.90. The Bertz CT molecular complexity index is 579. The van der Waals surface area contributed by atoms with Crippen LogP contribution in [0.25, 0.3) is 0 Å². The first-order valence-corrected chi connectivity index (χ1v) is 7.18. The number of nitrogens with two attached hydrogens (primary N) is 1. The van der Waals surface area contributed by atoms with Crippen molar-refractivity contribution in [3.05, 3.63) is 58.7 Å². The van der Waals surface area contributed by atoms with Crippen molar-refractivity contribution in [3.63, 3.8) is 0 Å². The lowest BCUT2D eigenvalue weighted by molar-refractivity contribution is 0.822. The lowest BCUT2D eigenvalue weighted by Gasteiger charge is -2.25. The first kappa shape index (κ1) is 14.4. The van der Waals surface area contributed by atoms with E-state index in [4.69, 9.17) is 5.73 Å². The smallest absolute Gasteiger partial charge is 0.0434 e. The zero-order valence-corrected chi connectivity index (χ0v) is 12.9. The second kappa shape index (κ2) is 6.00. The average Bonchev–Trinajstić information content (AvgIpc) is 2.38. The predicted octanol–water partition coefficient (Wildman–Crippen LogP) is 4.22. The molecule has 0 aliphatic rings. The summed E-state index contributed by atoms with van der Waals surface area (Å²) in [6, 6.07) is 12.6. The second-order valence-electron chi connectivity index (χ2n) is 5.49. The third kappa shape index (κ3) is 3.13. The van der Waals surface area contributed by atoms with Crippen LogP contribution in [0.1, 0.15) is 29.2 Å². The molecule has 106 valence electrons. The number of nitrogens with zero attached hydrogens (tertiary/aromatic N) is 1. The molecule has 0 bridgehead atoms. The van der Waals surface area contributed by atoms with Crippen LogP contribution in [0.5, 0.6) is 0 Å². The Morgan fingerprint density at radius 2 is 1.65 bits per heavy atom. The highest BCUT2D eigenvalue weighted by Gasteiger charge is 2.10. The molecule has 0 spiro atoms. The summed E-state index contributed by atoms with van der Waals surface area (Å²) in [4.78, 5) is 2.36. The van der Waals surface area contributed by atoms with Gasteiger partial charge in [0.15, 0.2) is 0 Å². The molecule has 0 atom stereocenters. The topological polar surface area (TPSA) is 29.3 Å². The minimum Gasteiger partial charge on any atom is -0.399 e.